The number of hydrogen-bond acceptors (Lipinski definition) is 5. The second kappa shape index (κ2) is 4.29. The lowest BCUT2D eigenvalue weighted by atomic mass is 10.4. The third-order valence-corrected chi connectivity index (χ3v) is 4.03. The van der Waals surface area contributed by atoms with Gasteiger partial charge in [0.05, 0.1) is 0 Å². The minimum atomic E-state index is -3.70. The molecule has 0 saturated carbocycles. The van der Waals surface area contributed by atoms with Crippen LogP contribution in [0.3, 0.4) is 0 Å². The number of anilines is 1. The predicted octanol–water partition coefficient (Wildman–Crippen LogP) is -0.513. The van der Waals surface area contributed by atoms with E-state index >= 15 is 0 Å². The summed E-state index contributed by atoms with van der Waals surface area (Å²) in [5.41, 5.74) is 0.726. The fourth-order valence-electron chi connectivity index (χ4n) is 1.95. The van der Waals surface area contributed by atoms with E-state index in [1.165, 1.54) is 4.90 Å². The molecule has 1 unspecified atom stereocenters. The monoisotopic (exact) mass is 270 g/mol. The molecule has 1 amide bonds. The van der Waals surface area contributed by atoms with Crippen LogP contribution in [0, 0.1) is 13.8 Å². The Labute approximate surface area is 105 Å². The number of primary sulfonamides is 1. The second-order valence-corrected chi connectivity index (χ2v) is 6.18. The standard InChI is InChI=1S/C10H14N4O3S/c1-6-3-9(13-7(2)12-6)14-5-8(4-10(14)15)18(11,16)17/h3,8H,4-5H2,1-2H3,(H2,11,16,17). The first-order chi connectivity index (χ1) is 8.27. The maximum Gasteiger partial charge on any atom is 0.229 e. The largest absolute Gasteiger partial charge is 0.295 e. The molecular weight excluding hydrogens is 256 g/mol. The highest BCUT2D eigenvalue weighted by atomic mass is 32.2. The van der Waals surface area contributed by atoms with Gasteiger partial charge < -0.3 is 0 Å². The zero-order chi connectivity index (χ0) is 13.5. The lowest BCUT2D eigenvalue weighted by molar-refractivity contribution is -0.117. The summed E-state index contributed by atoms with van der Waals surface area (Å²) in [6.07, 6.45) is -0.0963. The van der Waals surface area contributed by atoms with Crippen molar-refractivity contribution in [3.8, 4) is 0 Å². The van der Waals surface area contributed by atoms with Gasteiger partial charge in [-0.3, -0.25) is 9.69 Å². The Morgan fingerprint density at radius 3 is 2.56 bits per heavy atom. The normalized spacial score (nSPS) is 20.5. The quantitative estimate of drug-likeness (QED) is 0.778. The van der Waals surface area contributed by atoms with Crippen LogP contribution in [0.2, 0.25) is 0 Å². The molecule has 1 aromatic heterocycles. The van der Waals surface area contributed by atoms with Gasteiger partial charge in [0.15, 0.2) is 0 Å². The van der Waals surface area contributed by atoms with E-state index in [0.717, 1.165) is 5.69 Å². The van der Waals surface area contributed by atoms with Crippen molar-refractivity contribution in [2.75, 3.05) is 11.4 Å². The maximum atomic E-state index is 11.8. The van der Waals surface area contributed by atoms with Gasteiger partial charge in [0.1, 0.15) is 16.9 Å². The van der Waals surface area contributed by atoms with Crippen molar-refractivity contribution in [3.63, 3.8) is 0 Å². The van der Waals surface area contributed by atoms with Crippen LogP contribution < -0.4 is 10.0 Å². The van der Waals surface area contributed by atoms with Crippen LogP contribution in [0.5, 0.6) is 0 Å². The van der Waals surface area contributed by atoms with Crippen LogP contribution in [0.25, 0.3) is 0 Å². The predicted molar refractivity (Wildman–Crippen MR) is 65.4 cm³/mol. The van der Waals surface area contributed by atoms with E-state index in [1.54, 1.807) is 19.9 Å². The Balaban J connectivity index is 2.32. The van der Waals surface area contributed by atoms with Gasteiger partial charge in [-0.25, -0.2) is 23.5 Å². The molecule has 0 aliphatic carbocycles. The molecule has 0 bridgehead atoms. The van der Waals surface area contributed by atoms with E-state index in [1.807, 2.05) is 0 Å². The van der Waals surface area contributed by atoms with E-state index in [9.17, 15) is 13.2 Å². The molecule has 1 fully saturated rings. The van der Waals surface area contributed by atoms with Crippen molar-refractivity contribution in [1.29, 1.82) is 0 Å². The number of hydrogen-bond donors (Lipinski definition) is 1. The number of aromatic nitrogens is 2. The van der Waals surface area contributed by atoms with Gasteiger partial charge in [0.25, 0.3) is 0 Å². The molecule has 1 atom stereocenters. The van der Waals surface area contributed by atoms with Gasteiger partial charge in [0, 0.05) is 24.7 Å². The number of nitrogens with zero attached hydrogens (tertiary/aromatic N) is 3. The Morgan fingerprint density at radius 1 is 1.39 bits per heavy atom. The number of rotatable bonds is 2. The van der Waals surface area contributed by atoms with Gasteiger partial charge in [-0.15, -0.1) is 0 Å². The molecular formula is C10H14N4O3S. The Morgan fingerprint density at radius 2 is 2.06 bits per heavy atom. The highest BCUT2D eigenvalue weighted by Gasteiger charge is 2.37. The first kappa shape index (κ1) is 12.9. The van der Waals surface area contributed by atoms with Crippen molar-refractivity contribution >= 4 is 21.7 Å². The Kier molecular flexibility index (Phi) is 3.07. The van der Waals surface area contributed by atoms with Gasteiger partial charge in [0.2, 0.25) is 15.9 Å². The van der Waals surface area contributed by atoms with Crippen LogP contribution >= 0.6 is 0 Å². The van der Waals surface area contributed by atoms with Crippen molar-refractivity contribution in [1.82, 2.24) is 9.97 Å². The highest BCUT2D eigenvalue weighted by molar-refractivity contribution is 7.89. The zero-order valence-electron chi connectivity index (χ0n) is 10.1. The summed E-state index contributed by atoms with van der Waals surface area (Å²) in [5, 5.41) is 4.20. The molecule has 1 aliphatic heterocycles. The summed E-state index contributed by atoms with van der Waals surface area (Å²) in [5.74, 6) is 0.680. The average Bonchev–Trinajstić information content (AvgIpc) is 2.58. The summed E-state index contributed by atoms with van der Waals surface area (Å²) >= 11 is 0. The fraction of sp³-hybridized carbons (Fsp3) is 0.500. The van der Waals surface area contributed by atoms with Crippen LogP contribution in [-0.4, -0.2) is 36.1 Å². The van der Waals surface area contributed by atoms with Gasteiger partial charge in [-0.05, 0) is 13.8 Å². The van der Waals surface area contributed by atoms with Crippen LogP contribution in [0.4, 0.5) is 5.82 Å². The smallest absolute Gasteiger partial charge is 0.229 e. The van der Waals surface area contributed by atoms with Crippen LogP contribution in [0.1, 0.15) is 17.9 Å². The molecule has 2 heterocycles. The summed E-state index contributed by atoms with van der Waals surface area (Å²) in [6.45, 7) is 3.55. The average molecular weight is 270 g/mol. The molecule has 1 aromatic rings. The SMILES string of the molecule is Cc1cc(N2CC(S(N)(=O)=O)CC2=O)nc(C)n1. The molecule has 2 rings (SSSR count). The minimum absolute atomic E-state index is 0.0492. The van der Waals surface area contributed by atoms with Crippen LogP contribution in [-0.2, 0) is 14.8 Å². The van der Waals surface area contributed by atoms with E-state index in [4.69, 9.17) is 5.14 Å². The molecule has 0 radical (unpaired) electrons. The lowest BCUT2D eigenvalue weighted by Gasteiger charge is -2.15. The summed E-state index contributed by atoms with van der Waals surface area (Å²) < 4.78 is 22.5. The molecule has 18 heavy (non-hydrogen) atoms. The number of nitrogens with two attached hydrogens (primary N) is 1. The van der Waals surface area contributed by atoms with Gasteiger partial charge in [-0.2, -0.15) is 0 Å². The van der Waals surface area contributed by atoms with E-state index in [-0.39, 0.29) is 18.9 Å². The maximum absolute atomic E-state index is 11.8. The molecule has 2 N–H and O–H groups in total. The first-order valence-corrected chi connectivity index (χ1v) is 7.02. The number of aryl methyl sites for hydroxylation is 2. The Hall–Kier alpha value is -1.54. The lowest BCUT2D eigenvalue weighted by Crippen LogP contribution is -2.32. The summed E-state index contributed by atoms with van der Waals surface area (Å²) in [4.78, 5) is 21.4. The van der Waals surface area contributed by atoms with Gasteiger partial charge in [-0.1, -0.05) is 0 Å². The fourth-order valence-corrected chi connectivity index (χ4v) is 2.68. The number of carbonyl (C=O) groups excluding carboxylic acids is 1. The van der Waals surface area contributed by atoms with Crippen molar-refractivity contribution in [3.05, 3.63) is 17.6 Å². The van der Waals surface area contributed by atoms with E-state index in [0.29, 0.717) is 11.6 Å². The van der Waals surface area contributed by atoms with E-state index < -0.39 is 15.3 Å². The first-order valence-electron chi connectivity index (χ1n) is 5.41. The molecule has 7 nitrogen and oxygen atoms in total. The summed E-state index contributed by atoms with van der Waals surface area (Å²) in [7, 11) is -3.70. The number of amides is 1. The van der Waals surface area contributed by atoms with Crippen molar-refractivity contribution in [2.45, 2.75) is 25.5 Å². The molecule has 8 heteroatoms. The number of carbonyl (C=O) groups is 1. The Bertz CT molecular complexity index is 579. The topological polar surface area (TPSA) is 106 Å². The molecule has 0 aromatic carbocycles. The minimum Gasteiger partial charge on any atom is -0.295 e. The summed E-state index contributed by atoms with van der Waals surface area (Å²) in [6, 6.07) is 1.65. The third-order valence-electron chi connectivity index (χ3n) is 2.78. The molecule has 1 aliphatic rings. The van der Waals surface area contributed by atoms with Crippen LogP contribution in [0.15, 0.2) is 6.07 Å². The van der Waals surface area contributed by atoms with Gasteiger partial charge >= 0.3 is 0 Å². The van der Waals surface area contributed by atoms with Crippen molar-refractivity contribution in [2.24, 2.45) is 5.14 Å². The van der Waals surface area contributed by atoms with Crippen molar-refractivity contribution < 1.29 is 13.2 Å². The molecule has 1 saturated heterocycles. The molecule has 0 spiro atoms. The zero-order valence-corrected chi connectivity index (χ0v) is 10.9. The highest BCUT2D eigenvalue weighted by Crippen LogP contribution is 2.22. The third kappa shape index (κ3) is 2.49. The molecule has 98 valence electrons. The number of sulfonamides is 1. The van der Waals surface area contributed by atoms with E-state index in [2.05, 4.69) is 9.97 Å². The second-order valence-electron chi connectivity index (χ2n) is 4.33.